The maximum atomic E-state index is 12.6. The highest BCUT2D eigenvalue weighted by atomic mass is 79.9. The fourth-order valence-corrected chi connectivity index (χ4v) is 3.18. The van der Waals surface area contributed by atoms with E-state index in [9.17, 15) is 18.4 Å². The SMILES string of the molecule is CC(C)(C)OC(=O)N1CCC[C@H]1C(=O)NCc1cc(Br)ccc1OC(F)F. The van der Waals surface area contributed by atoms with Gasteiger partial charge in [-0.2, -0.15) is 8.78 Å². The van der Waals surface area contributed by atoms with Crippen LogP contribution >= 0.6 is 15.9 Å². The number of ether oxygens (including phenoxy) is 2. The Morgan fingerprint density at radius 3 is 2.70 bits per heavy atom. The molecule has 0 radical (unpaired) electrons. The number of alkyl halides is 2. The molecule has 0 spiro atoms. The zero-order valence-corrected chi connectivity index (χ0v) is 17.0. The highest BCUT2D eigenvalue weighted by Gasteiger charge is 2.36. The van der Waals surface area contributed by atoms with Crippen LogP contribution < -0.4 is 10.1 Å². The molecule has 0 aliphatic carbocycles. The lowest BCUT2D eigenvalue weighted by atomic mass is 10.1. The third-order valence-corrected chi connectivity index (χ3v) is 4.37. The molecule has 1 fully saturated rings. The van der Waals surface area contributed by atoms with E-state index >= 15 is 0 Å². The van der Waals surface area contributed by atoms with Gasteiger partial charge in [0.2, 0.25) is 5.91 Å². The molecule has 1 aromatic carbocycles. The second-order valence-electron chi connectivity index (χ2n) is 7.18. The van der Waals surface area contributed by atoms with Gasteiger partial charge in [-0.3, -0.25) is 9.69 Å². The van der Waals surface area contributed by atoms with Gasteiger partial charge < -0.3 is 14.8 Å². The Morgan fingerprint density at radius 1 is 1.37 bits per heavy atom. The molecular formula is C18H23BrF2N2O4. The molecule has 1 aliphatic heterocycles. The van der Waals surface area contributed by atoms with Crippen LogP contribution in [0.25, 0.3) is 0 Å². The van der Waals surface area contributed by atoms with E-state index in [1.165, 1.54) is 11.0 Å². The van der Waals surface area contributed by atoms with Crippen molar-refractivity contribution in [2.45, 2.75) is 58.4 Å². The molecule has 27 heavy (non-hydrogen) atoms. The average Bonchev–Trinajstić information content (AvgIpc) is 3.02. The van der Waals surface area contributed by atoms with Crippen LogP contribution in [-0.4, -0.2) is 41.7 Å². The lowest BCUT2D eigenvalue weighted by Gasteiger charge is -2.28. The van der Waals surface area contributed by atoms with Gasteiger partial charge in [0, 0.05) is 23.1 Å². The Hall–Kier alpha value is -1.90. The first-order valence-electron chi connectivity index (χ1n) is 8.57. The molecule has 0 aromatic heterocycles. The van der Waals surface area contributed by atoms with Gasteiger partial charge in [0.05, 0.1) is 0 Å². The summed E-state index contributed by atoms with van der Waals surface area (Å²) in [4.78, 5) is 26.2. The number of benzene rings is 1. The van der Waals surface area contributed by atoms with Crippen molar-refractivity contribution in [3.05, 3.63) is 28.2 Å². The first-order chi connectivity index (χ1) is 12.6. The predicted molar refractivity (Wildman–Crippen MR) is 98.6 cm³/mol. The fraction of sp³-hybridized carbons (Fsp3) is 0.556. The van der Waals surface area contributed by atoms with E-state index in [2.05, 4.69) is 26.0 Å². The Bertz CT molecular complexity index is 694. The minimum absolute atomic E-state index is 0.00101. The van der Waals surface area contributed by atoms with Crippen LogP contribution in [0.4, 0.5) is 13.6 Å². The lowest BCUT2D eigenvalue weighted by molar-refractivity contribution is -0.125. The zero-order chi connectivity index (χ0) is 20.2. The molecule has 1 heterocycles. The van der Waals surface area contributed by atoms with E-state index in [1.807, 2.05) is 0 Å². The van der Waals surface area contributed by atoms with Crippen LogP contribution in [0.3, 0.4) is 0 Å². The second-order valence-corrected chi connectivity index (χ2v) is 8.10. The lowest BCUT2D eigenvalue weighted by Crippen LogP contribution is -2.47. The topological polar surface area (TPSA) is 67.9 Å². The molecular weight excluding hydrogens is 426 g/mol. The van der Waals surface area contributed by atoms with Crippen molar-refractivity contribution in [1.29, 1.82) is 0 Å². The summed E-state index contributed by atoms with van der Waals surface area (Å²) in [6.07, 6.45) is 0.669. The number of rotatable bonds is 5. The average molecular weight is 449 g/mol. The third kappa shape index (κ3) is 6.34. The Morgan fingerprint density at radius 2 is 2.07 bits per heavy atom. The van der Waals surface area contributed by atoms with Crippen molar-refractivity contribution in [2.75, 3.05) is 6.54 Å². The summed E-state index contributed by atoms with van der Waals surface area (Å²) in [6.45, 7) is 2.75. The molecule has 0 unspecified atom stereocenters. The highest BCUT2D eigenvalue weighted by molar-refractivity contribution is 9.10. The summed E-state index contributed by atoms with van der Waals surface area (Å²) in [5.41, 5.74) is -0.252. The number of hydrogen-bond acceptors (Lipinski definition) is 4. The van der Waals surface area contributed by atoms with Crippen LogP contribution in [0, 0.1) is 0 Å². The number of nitrogens with one attached hydrogen (secondary N) is 1. The van der Waals surface area contributed by atoms with Crippen molar-refractivity contribution in [1.82, 2.24) is 10.2 Å². The van der Waals surface area contributed by atoms with Crippen molar-refractivity contribution < 1.29 is 27.8 Å². The van der Waals surface area contributed by atoms with E-state index in [0.717, 1.165) is 0 Å². The number of nitrogens with zero attached hydrogens (tertiary/aromatic N) is 1. The minimum atomic E-state index is -2.96. The molecule has 1 aliphatic rings. The summed E-state index contributed by atoms with van der Waals surface area (Å²) >= 11 is 3.27. The fourth-order valence-electron chi connectivity index (χ4n) is 2.78. The number of likely N-dealkylation sites (tertiary alicyclic amines) is 1. The van der Waals surface area contributed by atoms with Gasteiger partial charge in [-0.05, 0) is 51.8 Å². The molecule has 2 amide bonds. The standard InChI is InChI=1S/C18H23BrF2N2O4/c1-18(2,3)27-17(25)23-8-4-5-13(23)15(24)22-10-11-9-12(19)6-7-14(11)26-16(20)21/h6-7,9,13,16H,4-5,8,10H2,1-3H3,(H,22,24)/t13-/m0/s1. The molecule has 0 bridgehead atoms. The molecule has 6 nitrogen and oxygen atoms in total. The van der Waals surface area contributed by atoms with Crippen molar-refractivity contribution in [3.8, 4) is 5.75 Å². The molecule has 0 saturated carbocycles. The van der Waals surface area contributed by atoms with Crippen molar-refractivity contribution in [3.63, 3.8) is 0 Å². The third-order valence-electron chi connectivity index (χ3n) is 3.88. The first kappa shape index (κ1) is 21.4. The van der Waals surface area contributed by atoms with Gasteiger partial charge in [-0.1, -0.05) is 15.9 Å². The van der Waals surface area contributed by atoms with Crippen molar-refractivity contribution >= 4 is 27.9 Å². The van der Waals surface area contributed by atoms with Crippen LogP contribution in [-0.2, 0) is 16.1 Å². The Balaban J connectivity index is 2.03. The molecule has 1 N–H and O–H groups in total. The van der Waals surface area contributed by atoms with Gasteiger partial charge in [0.15, 0.2) is 0 Å². The molecule has 150 valence electrons. The predicted octanol–water partition coefficient (Wildman–Crippen LogP) is 4.07. The maximum absolute atomic E-state index is 12.6. The van der Waals surface area contributed by atoms with Crippen molar-refractivity contribution in [2.24, 2.45) is 0 Å². The van der Waals surface area contributed by atoms with Gasteiger partial charge in [-0.25, -0.2) is 4.79 Å². The summed E-state index contributed by atoms with van der Waals surface area (Å²) < 4.78 is 35.6. The Labute approximate surface area is 165 Å². The van der Waals surface area contributed by atoms with Crippen LogP contribution in [0.5, 0.6) is 5.75 Å². The number of carbonyl (C=O) groups excluding carboxylic acids is 2. The van der Waals surface area contributed by atoms with E-state index in [1.54, 1.807) is 32.9 Å². The molecule has 1 atom stereocenters. The molecule has 1 aromatic rings. The second kappa shape index (κ2) is 8.86. The maximum Gasteiger partial charge on any atom is 0.410 e. The van der Waals surface area contributed by atoms with Crippen LogP contribution in [0.1, 0.15) is 39.2 Å². The zero-order valence-electron chi connectivity index (χ0n) is 15.4. The van der Waals surface area contributed by atoms with Gasteiger partial charge in [0.25, 0.3) is 0 Å². The summed E-state index contributed by atoms with van der Waals surface area (Å²) in [5.74, 6) is -0.370. The molecule has 2 rings (SSSR count). The normalized spacial score (nSPS) is 17.1. The smallest absolute Gasteiger partial charge is 0.410 e. The summed E-state index contributed by atoms with van der Waals surface area (Å²) in [5, 5.41) is 2.70. The van der Waals surface area contributed by atoms with Crippen LogP contribution in [0.15, 0.2) is 22.7 Å². The largest absolute Gasteiger partial charge is 0.444 e. The van der Waals surface area contributed by atoms with Gasteiger partial charge >= 0.3 is 12.7 Å². The van der Waals surface area contributed by atoms with E-state index in [-0.39, 0.29) is 18.2 Å². The minimum Gasteiger partial charge on any atom is -0.444 e. The van der Waals surface area contributed by atoms with E-state index in [0.29, 0.717) is 29.4 Å². The van der Waals surface area contributed by atoms with Gasteiger partial charge in [-0.15, -0.1) is 0 Å². The number of amides is 2. The Kier molecular flexibility index (Phi) is 7.02. The quantitative estimate of drug-likeness (QED) is 0.736. The number of carbonyl (C=O) groups is 2. The number of hydrogen-bond donors (Lipinski definition) is 1. The summed E-state index contributed by atoms with van der Waals surface area (Å²) in [6, 6.07) is 3.93. The van der Waals surface area contributed by atoms with E-state index in [4.69, 9.17) is 4.74 Å². The number of halogens is 3. The first-order valence-corrected chi connectivity index (χ1v) is 9.36. The molecule has 1 saturated heterocycles. The van der Waals surface area contributed by atoms with Crippen LogP contribution in [0.2, 0.25) is 0 Å². The van der Waals surface area contributed by atoms with E-state index < -0.39 is 24.3 Å². The molecule has 9 heteroatoms. The van der Waals surface area contributed by atoms with Gasteiger partial charge in [0.1, 0.15) is 17.4 Å². The highest BCUT2D eigenvalue weighted by Crippen LogP contribution is 2.25. The summed E-state index contributed by atoms with van der Waals surface area (Å²) in [7, 11) is 0. The monoisotopic (exact) mass is 448 g/mol.